The number of thioether (sulfide) groups is 1. The minimum absolute atomic E-state index is 0.149. The van der Waals surface area contributed by atoms with E-state index in [1.165, 1.54) is 24.8 Å². The van der Waals surface area contributed by atoms with Gasteiger partial charge in [-0.1, -0.05) is 17.7 Å². The SMILES string of the molecule is Cc1cc(C(=O)CSc2cccc(Cl)c2)c(C)n1CC(F)(F)F. The highest BCUT2D eigenvalue weighted by molar-refractivity contribution is 8.00. The zero-order chi connectivity index (χ0) is 17.2. The van der Waals surface area contributed by atoms with E-state index in [0.29, 0.717) is 22.0 Å². The first-order valence-electron chi connectivity index (χ1n) is 6.82. The molecule has 0 unspecified atom stereocenters. The molecule has 1 heterocycles. The van der Waals surface area contributed by atoms with Gasteiger partial charge in [0.1, 0.15) is 6.54 Å². The highest BCUT2D eigenvalue weighted by atomic mass is 35.5. The van der Waals surface area contributed by atoms with E-state index >= 15 is 0 Å². The molecule has 0 saturated carbocycles. The normalized spacial score (nSPS) is 11.7. The van der Waals surface area contributed by atoms with Gasteiger partial charge in [-0.25, -0.2) is 0 Å². The summed E-state index contributed by atoms with van der Waals surface area (Å²) >= 11 is 7.19. The fourth-order valence-corrected chi connectivity index (χ4v) is 3.38. The molecule has 0 aliphatic rings. The third-order valence-corrected chi connectivity index (χ3v) is 4.61. The highest BCUT2D eigenvalue weighted by Gasteiger charge is 2.30. The van der Waals surface area contributed by atoms with Crippen molar-refractivity contribution in [3.8, 4) is 0 Å². The van der Waals surface area contributed by atoms with Crippen LogP contribution in [0.5, 0.6) is 0 Å². The van der Waals surface area contributed by atoms with E-state index in [1.54, 1.807) is 25.1 Å². The number of alkyl halides is 3. The van der Waals surface area contributed by atoms with Crippen LogP contribution in [0.15, 0.2) is 35.2 Å². The molecule has 7 heteroatoms. The van der Waals surface area contributed by atoms with Crippen LogP contribution in [-0.4, -0.2) is 22.3 Å². The zero-order valence-electron chi connectivity index (χ0n) is 12.6. The molecule has 2 rings (SSSR count). The van der Waals surface area contributed by atoms with Crippen LogP contribution < -0.4 is 0 Å². The molecule has 0 radical (unpaired) electrons. The summed E-state index contributed by atoms with van der Waals surface area (Å²) < 4.78 is 38.9. The van der Waals surface area contributed by atoms with Crippen LogP contribution in [0, 0.1) is 13.8 Å². The van der Waals surface area contributed by atoms with Gasteiger partial charge in [-0.15, -0.1) is 11.8 Å². The van der Waals surface area contributed by atoms with Crippen molar-refractivity contribution in [2.45, 2.75) is 31.5 Å². The molecular formula is C16H15ClF3NOS. The van der Waals surface area contributed by atoms with Crippen LogP contribution in [0.25, 0.3) is 0 Å². The van der Waals surface area contributed by atoms with Crippen molar-refractivity contribution in [1.82, 2.24) is 4.57 Å². The molecule has 0 N–H and O–H groups in total. The molecule has 23 heavy (non-hydrogen) atoms. The summed E-state index contributed by atoms with van der Waals surface area (Å²) in [4.78, 5) is 13.1. The summed E-state index contributed by atoms with van der Waals surface area (Å²) in [6, 6.07) is 8.60. The van der Waals surface area contributed by atoms with Crippen molar-refractivity contribution in [2.75, 3.05) is 5.75 Å². The molecule has 0 amide bonds. The molecule has 2 nitrogen and oxygen atoms in total. The third kappa shape index (κ3) is 4.78. The average Bonchev–Trinajstić information content (AvgIpc) is 2.71. The second kappa shape index (κ2) is 7.01. The van der Waals surface area contributed by atoms with Gasteiger partial charge in [0.25, 0.3) is 0 Å². The fraction of sp³-hybridized carbons (Fsp3) is 0.312. The Labute approximate surface area is 141 Å². The Hall–Kier alpha value is -1.40. The average molecular weight is 362 g/mol. The number of aryl methyl sites for hydroxylation is 1. The van der Waals surface area contributed by atoms with E-state index in [1.807, 2.05) is 6.07 Å². The van der Waals surface area contributed by atoms with Crippen LogP contribution in [0.1, 0.15) is 21.7 Å². The first-order valence-corrected chi connectivity index (χ1v) is 8.19. The Morgan fingerprint density at radius 2 is 1.96 bits per heavy atom. The predicted molar refractivity (Wildman–Crippen MR) is 86.5 cm³/mol. The minimum atomic E-state index is -4.32. The number of nitrogens with zero attached hydrogens (tertiary/aromatic N) is 1. The zero-order valence-corrected chi connectivity index (χ0v) is 14.1. The van der Waals surface area contributed by atoms with Crippen LogP contribution >= 0.6 is 23.4 Å². The summed E-state index contributed by atoms with van der Waals surface area (Å²) in [5, 5.41) is 0.575. The quantitative estimate of drug-likeness (QED) is 0.533. The van der Waals surface area contributed by atoms with Crippen LogP contribution in [0.3, 0.4) is 0 Å². The maximum atomic E-state index is 12.6. The smallest absolute Gasteiger partial charge is 0.339 e. The lowest BCUT2D eigenvalue weighted by molar-refractivity contribution is -0.141. The third-order valence-electron chi connectivity index (χ3n) is 3.38. The Morgan fingerprint density at radius 1 is 1.26 bits per heavy atom. The van der Waals surface area contributed by atoms with Crippen molar-refractivity contribution in [2.24, 2.45) is 0 Å². The molecule has 1 aromatic heterocycles. The first-order chi connectivity index (χ1) is 10.7. The summed E-state index contributed by atoms with van der Waals surface area (Å²) in [5.74, 6) is -0.0482. The summed E-state index contributed by atoms with van der Waals surface area (Å²) in [6.07, 6.45) is -4.32. The van der Waals surface area contributed by atoms with Crippen molar-refractivity contribution in [3.05, 3.63) is 52.3 Å². The lowest BCUT2D eigenvalue weighted by Gasteiger charge is -2.12. The van der Waals surface area contributed by atoms with Crippen LogP contribution in [-0.2, 0) is 6.54 Å². The van der Waals surface area contributed by atoms with Crippen molar-refractivity contribution in [3.63, 3.8) is 0 Å². The molecular weight excluding hydrogens is 347 g/mol. The van der Waals surface area contributed by atoms with Gasteiger partial charge in [-0.3, -0.25) is 4.79 Å². The summed E-state index contributed by atoms with van der Waals surface area (Å²) in [6.45, 7) is 2.02. The number of halogens is 4. The predicted octanol–water partition coefficient (Wildman–Crippen LogP) is 5.30. The second-order valence-electron chi connectivity index (χ2n) is 5.16. The Bertz CT molecular complexity index is 725. The molecule has 2 aromatic rings. The number of carbonyl (C=O) groups is 1. The number of Topliss-reactive ketones (excluding diaryl/α,β-unsaturated/α-hetero) is 1. The number of ketones is 1. The summed E-state index contributed by atoms with van der Waals surface area (Å²) in [5.41, 5.74) is 1.11. The van der Waals surface area contributed by atoms with E-state index < -0.39 is 12.7 Å². The molecule has 0 atom stereocenters. The molecule has 0 spiro atoms. The van der Waals surface area contributed by atoms with E-state index in [4.69, 9.17) is 11.6 Å². The molecule has 1 aromatic carbocycles. The van der Waals surface area contributed by atoms with E-state index in [0.717, 1.165) is 9.46 Å². The van der Waals surface area contributed by atoms with Gasteiger partial charge in [-0.2, -0.15) is 13.2 Å². The Balaban J connectivity index is 2.12. The van der Waals surface area contributed by atoms with Gasteiger partial charge >= 0.3 is 6.18 Å². The Morgan fingerprint density at radius 3 is 2.57 bits per heavy atom. The van der Waals surface area contributed by atoms with Crippen molar-refractivity contribution >= 4 is 29.1 Å². The number of hydrogen-bond donors (Lipinski definition) is 0. The van der Waals surface area contributed by atoms with Crippen LogP contribution in [0.2, 0.25) is 5.02 Å². The topological polar surface area (TPSA) is 22.0 Å². The maximum Gasteiger partial charge on any atom is 0.406 e. The number of hydrogen-bond acceptors (Lipinski definition) is 2. The van der Waals surface area contributed by atoms with Gasteiger partial charge < -0.3 is 4.57 Å². The van der Waals surface area contributed by atoms with Gasteiger partial charge in [-0.05, 0) is 38.1 Å². The Kier molecular flexibility index (Phi) is 5.47. The molecule has 0 fully saturated rings. The minimum Gasteiger partial charge on any atom is -0.339 e. The van der Waals surface area contributed by atoms with Gasteiger partial charge in [0.05, 0.1) is 5.75 Å². The largest absolute Gasteiger partial charge is 0.406 e. The van der Waals surface area contributed by atoms with Crippen molar-refractivity contribution < 1.29 is 18.0 Å². The number of rotatable bonds is 5. The maximum absolute atomic E-state index is 12.6. The van der Waals surface area contributed by atoms with Crippen molar-refractivity contribution in [1.29, 1.82) is 0 Å². The lowest BCUT2D eigenvalue weighted by atomic mass is 10.2. The number of carbonyl (C=O) groups excluding carboxylic acids is 1. The molecule has 0 bridgehead atoms. The first kappa shape index (κ1) is 17.9. The van der Waals surface area contributed by atoms with Gasteiger partial charge in [0.2, 0.25) is 0 Å². The van der Waals surface area contributed by atoms with E-state index in [2.05, 4.69) is 0 Å². The molecule has 0 aliphatic heterocycles. The van der Waals surface area contributed by atoms with E-state index in [-0.39, 0.29) is 11.5 Å². The molecule has 0 saturated heterocycles. The van der Waals surface area contributed by atoms with E-state index in [9.17, 15) is 18.0 Å². The monoisotopic (exact) mass is 361 g/mol. The highest BCUT2D eigenvalue weighted by Crippen LogP contribution is 2.26. The number of aromatic nitrogens is 1. The molecule has 124 valence electrons. The standard InChI is InChI=1S/C16H15ClF3NOS/c1-10-6-14(11(2)21(10)9-16(18,19)20)15(22)8-23-13-5-3-4-12(17)7-13/h3-7H,8-9H2,1-2H3. The molecule has 0 aliphatic carbocycles. The summed E-state index contributed by atoms with van der Waals surface area (Å²) in [7, 11) is 0. The van der Waals surface area contributed by atoms with Gasteiger partial charge in [0, 0.05) is 26.9 Å². The lowest BCUT2D eigenvalue weighted by Crippen LogP contribution is -2.19. The fourth-order valence-electron chi connectivity index (χ4n) is 2.29. The number of benzene rings is 1. The van der Waals surface area contributed by atoms with Gasteiger partial charge in [0.15, 0.2) is 5.78 Å². The van der Waals surface area contributed by atoms with Crippen LogP contribution in [0.4, 0.5) is 13.2 Å². The second-order valence-corrected chi connectivity index (χ2v) is 6.64.